The number of rotatable bonds is 3. The minimum Gasteiger partial charge on any atom is -0.385 e. The molecule has 0 spiro atoms. The molecule has 74 valence electrons. The van der Waals surface area contributed by atoms with E-state index in [1.54, 1.807) is 6.08 Å². The lowest BCUT2D eigenvalue weighted by atomic mass is 9.79. The zero-order valence-electron chi connectivity index (χ0n) is 8.66. The normalized spacial score (nSPS) is 33.7. The van der Waals surface area contributed by atoms with Gasteiger partial charge in [0, 0.05) is 0 Å². The Balaban J connectivity index is 2.60. The summed E-state index contributed by atoms with van der Waals surface area (Å²) in [7, 11) is 0. The van der Waals surface area contributed by atoms with Crippen LogP contribution in [0.1, 0.15) is 33.1 Å². The molecule has 2 unspecified atom stereocenters. The van der Waals surface area contributed by atoms with Crippen molar-refractivity contribution in [1.82, 2.24) is 0 Å². The molecule has 1 rings (SSSR count). The lowest BCUT2D eigenvalue weighted by Crippen LogP contribution is -2.30. The standard InChI is InChI=1S/C12H20O/c1-4-7-12(13)8-5-11(6-9-12)10(2)3/h4-5,8,10-11,13H,1,6-7,9H2,2-3H3. The third-order valence-corrected chi connectivity index (χ3v) is 2.92. The van der Waals surface area contributed by atoms with Crippen molar-refractivity contribution in [2.24, 2.45) is 11.8 Å². The van der Waals surface area contributed by atoms with Crippen LogP contribution < -0.4 is 0 Å². The second-order valence-corrected chi connectivity index (χ2v) is 4.40. The minimum atomic E-state index is -0.604. The van der Waals surface area contributed by atoms with Crippen molar-refractivity contribution in [3.8, 4) is 0 Å². The van der Waals surface area contributed by atoms with Crippen molar-refractivity contribution in [2.45, 2.75) is 38.7 Å². The third-order valence-electron chi connectivity index (χ3n) is 2.92. The van der Waals surface area contributed by atoms with E-state index in [2.05, 4.69) is 26.5 Å². The van der Waals surface area contributed by atoms with Gasteiger partial charge >= 0.3 is 0 Å². The first-order valence-electron chi connectivity index (χ1n) is 5.10. The quantitative estimate of drug-likeness (QED) is 0.662. The van der Waals surface area contributed by atoms with Crippen LogP contribution in [0.4, 0.5) is 0 Å². The Kier molecular flexibility index (Phi) is 3.32. The fourth-order valence-corrected chi connectivity index (χ4v) is 1.87. The molecular formula is C12H20O. The van der Waals surface area contributed by atoms with Gasteiger partial charge in [0.1, 0.15) is 0 Å². The summed E-state index contributed by atoms with van der Waals surface area (Å²) < 4.78 is 0. The van der Waals surface area contributed by atoms with Gasteiger partial charge in [-0.25, -0.2) is 0 Å². The zero-order valence-corrected chi connectivity index (χ0v) is 8.66. The molecule has 0 amide bonds. The van der Waals surface area contributed by atoms with E-state index < -0.39 is 5.60 Å². The molecule has 0 aromatic heterocycles. The highest BCUT2D eigenvalue weighted by atomic mass is 16.3. The maximum absolute atomic E-state index is 10.0. The molecule has 0 saturated heterocycles. The molecule has 0 aromatic rings. The summed E-state index contributed by atoms with van der Waals surface area (Å²) in [5.74, 6) is 1.33. The SMILES string of the molecule is C=CCC1(O)C=CC(C(C)C)CC1. The van der Waals surface area contributed by atoms with Crippen LogP contribution in [-0.2, 0) is 0 Å². The highest BCUT2D eigenvalue weighted by Gasteiger charge is 2.27. The van der Waals surface area contributed by atoms with Crippen molar-refractivity contribution in [3.63, 3.8) is 0 Å². The molecule has 0 radical (unpaired) electrons. The molecule has 1 N–H and O–H groups in total. The first kappa shape index (κ1) is 10.5. The van der Waals surface area contributed by atoms with Crippen LogP contribution in [0.5, 0.6) is 0 Å². The fraction of sp³-hybridized carbons (Fsp3) is 0.667. The number of hydrogen-bond acceptors (Lipinski definition) is 1. The summed E-state index contributed by atoms with van der Waals surface area (Å²) in [6.45, 7) is 8.12. The molecule has 2 atom stereocenters. The van der Waals surface area contributed by atoms with Gasteiger partial charge in [-0.05, 0) is 31.1 Å². The second kappa shape index (κ2) is 4.10. The smallest absolute Gasteiger partial charge is 0.0862 e. The Morgan fingerprint density at radius 1 is 1.69 bits per heavy atom. The lowest BCUT2D eigenvalue weighted by Gasteiger charge is -2.31. The van der Waals surface area contributed by atoms with Crippen molar-refractivity contribution in [1.29, 1.82) is 0 Å². The summed E-state index contributed by atoms with van der Waals surface area (Å²) >= 11 is 0. The van der Waals surface area contributed by atoms with Gasteiger partial charge < -0.3 is 5.11 Å². The predicted molar refractivity (Wildman–Crippen MR) is 56.5 cm³/mol. The van der Waals surface area contributed by atoms with E-state index in [1.807, 2.05) is 6.08 Å². The first-order chi connectivity index (χ1) is 6.07. The third kappa shape index (κ3) is 2.70. The molecule has 1 heteroatoms. The highest BCUT2D eigenvalue weighted by Crippen LogP contribution is 2.32. The van der Waals surface area contributed by atoms with Gasteiger partial charge in [-0.3, -0.25) is 0 Å². The van der Waals surface area contributed by atoms with E-state index >= 15 is 0 Å². The van der Waals surface area contributed by atoms with Crippen molar-refractivity contribution in [3.05, 3.63) is 24.8 Å². The molecule has 0 bridgehead atoms. The molecule has 13 heavy (non-hydrogen) atoms. The Morgan fingerprint density at radius 2 is 2.38 bits per heavy atom. The van der Waals surface area contributed by atoms with Gasteiger partial charge in [-0.2, -0.15) is 0 Å². The minimum absolute atomic E-state index is 0.604. The van der Waals surface area contributed by atoms with Gasteiger partial charge in [0.2, 0.25) is 0 Å². The maximum Gasteiger partial charge on any atom is 0.0862 e. The monoisotopic (exact) mass is 180 g/mol. The molecule has 0 heterocycles. The molecule has 1 aliphatic carbocycles. The number of allylic oxidation sites excluding steroid dienone is 1. The largest absolute Gasteiger partial charge is 0.385 e. The lowest BCUT2D eigenvalue weighted by molar-refractivity contribution is 0.0685. The molecule has 1 nitrogen and oxygen atoms in total. The van der Waals surface area contributed by atoms with Crippen LogP contribution in [0.25, 0.3) is 0 Å². The molecule has 0 aliphatic heterocycles. The summed E-state index contributed by atoms with van der Waals surface area (Å²) in [4.78, 5) is 0. The predicted octanol–water partition coefficient (Wildman–Crippen LogP) is 2.92. The van der Waals surface area contributed by atoms with Gasteiger partial charge in [0.05, 0.1) is 5.60 Å². The molecular weight excluding hydrogens is 160 g/mol. The van der Waals surface area contributed by atoms with Gasteiger partial charge in [-0.15, -0.1) is 6.58 Å². The van der Waals surface area contributed by atoms with E-state index in [-0.39, 0.29) is 0 Å². The van der Waals surface area contributed by atoms with Gasteiger partial charge in [0.15, 0.2) is 0 Å². The van der Waals surface area contributed by atoms with E-state index in [9.17, 15) is 5.11 Å². The van der Waals surface area contributed by atoms with Crippen LogP contribution in [0.15, 0.2) is 24.8 Å². The van der Waals surface area contributed by atoms with Crippen LogP contribution in [0, 0.1) is 11.8 Å². The van der Waals surface area contributed by atoms with E-state index in [0.29, 0.717) is 18.3 Å². The van der Waals surface area contributed by atoms with E-state index in [0.717, 1.165) is 12.8 Å². The topological polar surface area (TPSA) is 20.2 Å². The molecule has 0 aromatic carbocycles. The maximum atomic E-state index is 10.0. The Hall–Kier alpha value is -0.560. The van der Waals surface area contributed by atoms with Gasteiger partial charge in [-0.1, -0.05) is 32.1 Å². The van der Waals surface area contributed by atoms with E-state index in [4.69, 9.17) is 0 Å². The van der Waals surface area contributed by atoms with Crippen LogP contribution >= 0.6 is 0 Å². The molecule has 1 aliphatic rings. The average molecular weight is 180 g/mol. The highest BCUT2D eigenvalue weighted by molar-refractivity contribution is 5.10. The molecule has 0 fully saturated rings. The van der Waals surface area contributed by atoms with E-state index in [1.165, 1.54) is 0 Å². The summed E-state index contributed by atoms with van der Waals surface area (Å²) in [6, 6.07) is 0. The second-order valence-electron chi connectivity index (χ2n) is 4.40. The number of aliphatic hydroxyl groups is 1. The Labute approximate surface area is 81.2 Å². The van der Waals surface area contributed by atoms with Crippen LogP contribution in [-0.4, -0.2) is 10.7 Å². The fourth-order valence-electron chi connectivity index (χ4n) is 1.87. The molecule has 0 saturated carbocycles. The number of hydrogen-bond donors (Lipinski definition) is 1. The zero-order chi connectivity index (χ0) is 9.90. The van der Waals surface area contributed by atoms with Crippen molar-refractivity contribution in [2.75, 3.05) is 0 Å². The first-order valence-corrected chi connectivity index (χ1v) is 5.10. The Bertz CT molecular complexity index is 205. The Morgan fingerprint density at radius 3 is 2.77 bits per heavy atom. The summed E-state index contributed by atoms with van der Waals surface area (Å²) in [5.41, 5.74) is -0.604. The van der Waals surface area contributed by atoms with Crippen LogP contribution in [0.2, 0.25) is 0 Å². The van der Waals surface area contributed by atoms with Gasteiger partial charge in [0.25, 0.3) is 0 Å². The van der Waals surface area contributed by atoms with Crippen LogP contribution in [0.3, 0.4) is 0 Å². The van der Waals surface area contributed by atoms with Crippen molar-refractivity contribution < 1.29 is 5.11 Å². The van der Waals surface area contributed by atoms with Crippen molar-refractivity contribution >= 4 is 0 Å². The summed E-state index contributed by atoms with van der Waals surface area (Å²) in [5, 5.41) is 10.0. The summed E-state index contributed by atoms with van der Waals surface area (Å²) in [6.07, 6.45) is 8.56. The average Bonchev–Trinajstić information content (AvgIpc) is 2.05.